The molecule has 0 bridgehead atoms. The quantitative estimate of drug-likeness (QED) is 0.512. The van der Waals surface area contributed by atoms with Crippen molar-refractivity contribution in [3.05, 3.63) is 91.1 Å². The van der Waals surface area contributed by atoms with Gasteiger partial charge >= 0.3 is 5.69 Å². The first-order chi connectivity index (χ1) is 13.4. The number of carbonyl (C=O) groups excluding carboxylic acids is 2. The smallest absolute Gasteiger partial charge is 0.330 e. The van der Waals surface area contributed by atoms with Gasteiger partial charge in [-0.3, -0.25) is 28.9 Å². The number of aromatic amines is 1. The molecule has 1 aliphatic carbocycles. The number of rotatable bonds is 2. The van der Waals surface area contributed by atoms with Crippen LogP contribution in [0.3, 0.4) is 0 Å². The van der Waals surface area contributed by atoms with E-state index in [9.17, 15) is 24.3 Å². The summed E-state index contributed by atoms with van der Waals surface area (Å²) in [7, 11) is 1.29. The van der Waals surface area contributed by atoms with Crippen LogP contribution in [0.25, 0.3) is 0 Å². The van der Waals surface area contributed by atoms with E-state index >= 15 is 0 Å². The van der Waals surface area contributed by atoms with E-state index in [0.29, 0.717) is 5.56 Å². The summed E-state index contributed by atoms with van der Waals surface area (Å²) < 4.78 is 0.855. The van der Waals surface area contributed by atoms with Crippen molar-refractivity contribution in [1.29, 1.82) is 0 Å². The molecule has 0 unspecified atom stereocenters. The van der Waals surface area contributed by atoms with Gasteiger partial charge in [0.15, 0.2) is 11.6 Å². The van der Waals surface area contributed by atoms with Gasteiger partial charge in [-0.25, -0.2) is 4.79 Å². The van der Waals surface area contributed by atoms with Crippen LogP contribution in [0.15, 0.2) is 57.0 Å². The molecule has 8 heteroatoms. The molecule has 0 fully saturated rings. The Kier molecular flexibility index (Phi) is 3.89. The number of carbonyl (C=O) groups is 2. The van der Waals surface area contributed by atoms with Gasteiger partial charge in [-0.2, -0.15) is 0 Å². The number of fused-ring (bicyclic) bond motifs is 2. The summed E-state index contributed by atoms with van der Waals surface area (Å²) in [6, 6.07) is 11.2. The zero-order valence-electron chi connectivity index (χ0n) is 14.6. The lowest BCUT2D eigenvalue weighted by Gasteiger charge is -2.18. The highest BCUT2D eigenvalue weighted by atomic mass is 16.3. The molecule has 2 N–H and O–H groups in total. The van der Waals surface area contributed by atoms with Gasteiger partial charge in [0.2, 0.25) is 5.88 Å². The van der Waals surface area contributed by atoms with E-state index in [1.807, 2.05) is 0 Å². The van der Waals surface area contributed by atoms with Gasteiger partial charge in [-0.1, -0.05) is 36.4 Å². The fourth-order valence-corrected chi connectivity index (χ4v) is 3.11. The minimum Gasteiger partial charge on any atom is -0.494 e. The van der Waals surface area contributed by atoms with E-state index < -0.39 is 17.1 Å². The van der Waals surface area contributed by atoms with Gasteiger partial charge in [0.05, 0.1) is 11.3 Å². The number of hydrogen-bond donors (Lipinski definition) is 2. The Hall–Kier alpha value is -4.07. The standard InChI is InChI=1S/C20H13N3O5/c1-23-19(27)13(18(26)22-20(23)28)9-21-14-8-4-7-12-15(14)17(25)11-6-3-2-5-10(11)16(12)24/h2-9,27H,1H3,(H,22,26,28). The second kappa shape index (κ2) is 6.27. The Bertz CT molecular complexity index is 1310. The fraction of sp³-hybridized carbons (Fsp3) is 0.0500. The maximum Gasteiger partial charge on any atom is 0.330 e. The third kappa shape index (κ3) is 2.50. The maximum absolute atomic E-state index is 12.9. The first-order valence-corrected chi connectivity index (χ1v) is 8.28. The average molecular weight is 375 g/mol. The van der Waals surface area contributed by atoms with Crippen LogP contribution in [0.2, 0.25) is 0 Å². The van der Waals surface area contributed by atoms with Gasteiger partial charge in [-0.15, -0.1) is 0 Å². The van der Waals surface area contributed by atoms with Gasteiger partial charge < -0.3 is 5.11 Å². The number of aromatic nitrogens is 2. The molecule has 0 spiro atoms. The van der Waals surface area contributed by atoms with Gasteiger partial charge in [-0.05, 0) is 6.07 Å². The SMILES string of the molecule is Cn1c(O)c(C=Nc2cccc3c2C(=O)c2ccccc2C3=O)c(=O)[nH]c1=O. The van der Waals surface area contributed by atoms with E-state index in [-0.39, 0.29) is 39.5 Å². The summed E-state index contributed by atoms with van der Waals surface area (Å²) >= 11 is 0. The lowest BCUT2D eigenvalue weighted by molar-refractivity contribution is 0.0979. The number of aromatic hydroxyl groups is 1. The minimum atomic E-state index is -0.818. The van der Waals surface area contributed by atoms with Gasteiger partial charge in [0.1, 0.15) is 5.56 Å². The maximum atomic E-state index is 12.9. The van der Waals surface area contributed by atoms with Crippen molar-refractivity contribution in [3.63, 3.8) is 0 Å². The third-order valence-corrected chi connectivity index (χ3v) is 4.59. The normalized spacial score (nSPS) is 12.9. The molecule has 28 heavy (non-hydrogen) atoms. The van der Waals surface area contributed by atoms with Crippen LogP contribution in [-0.4, -0.2) is 32.4 Å². The first kappa shape index (κ1) is 17.3. The van der Waals surface area contributed by atoms with Crippen molar-refractivity contribution >= 4 is 23.5 Å². The second-order valence-electron chi connectivity index (χ2n) is 6.22. The Labute approximate surface area is 157 Å². The summed E-state index contributed by atoms with van der Waals surface area (Å²) in [6.45, 7) is 0. The number of benzene rings is 2. The molecule has 0 atom stereocenters. The number of nitrogens with one attached hydrogen (secondary N) is 1. The zero-order chi connectivity index (χ0) is 20.0. The molecule has 3 aromatic rings. The van der Waals surface area contributed by atoms with Crippen LogP contribution in [0.5, 0.6) is 5.88 Å². The molecule has 0 saturated heterocycles. The lowest BCUT2D eigenvalue weighted by Crippen LogP contribution is -2.30. The molecule has 0 aliphatic heterocycles. The largest absolute Gasteiger partial charge is 0.494 e. The molecule has 8 nitrogen and oxygen atoms in total. The molecule has 0 saturated carbocycles. The van der Waals surface area contributed by atoms with Crippen molar-refractivity contribution in [2.75, 3.05) is 0 Å². The van der Waals surface area contributed by atoms with Crippen molar-refractivity contribution in [1.82, 2.24) is 9.55 Å². The van der Waals surface area contributed by atoms with Crippen molar-refractivity contribution in [3.8, 4) is 5.88 Å². The molecule has 1 aliphatic rings. The highest BCUT2D eigenvalue weighted by molar-refractivity contribution is 6.30. The molecular weight excluding hydrogens is 362 g/mol. The van der Waals surface area contributed by atoms with Crippen molar-refractivity contribution in [2.24, 2.45) is 12.0 Å². The first-order valence-electron chi connectivity index (χ1n) is 8.28. The second-order valence-corrected chi connectivity index (χ2v) is 6.22. The van der Waals surface area contributed by atoms with E-state index in [1.165, 1.54) is 13.1 Å². The van der Waals surface area contributed by atoms with Crippen molar-refractivity contribution < 1.29 is 14.7 Å². The number of ketones is 2. The average Bonchev–Trinajstić information content (AvgIpc) is 2.70. The minimum absolute atomic E-state index is 0.128. The lowest BCUT2D eigenvalue weighted by atomic mass is 9.83. The Morgan fingerprint density at radius 1 is 0.929 bits per heavy atom. The summed E-state index contributed by atoms with van der Waals surface area (Å²) in [5, 5.41) is 10.0. The highest BCUT2D eigenvalue weighted by Crippen LogP contribution is 2.33. The van der Waals surface area contributed by atoms with E-state index in [2.05, 4.69) is 9.98 Å². The summed E-state index contributed by atoms with van der Waals surface area (Å²) in [6.07, 6.45) is 1.06. The van der Waals surface area contributed by atoms with Crippen LogP contribution in [0.4, 0.5) is 5.69 Å². The molecule has 2 aromatic carbocycles. The predicted octanol–water partition coefficient (Wildman–Crippen LogP) is 1.31. The highest BCUT2D eigenvalue weighted by Gasteiger charge is 2.31. The Morgan fingerprint density at radius 3 is 2.29 bits per heavy atom. The van der Waals surface area contributed by atoms with Gasteiger partial charge in [0.25, 0.3) is 5.56 Å². The van der Waals surface area contributed by atoms with Crippen LogP contribution in [-0.2, 0) is 7.05 Å². The monoisotopic (exact) mass is 375 g/mol. The molecule has 0 radical (unpaired) electrons. The molecule has 138 valence electrons. The fourth-order valence-electron chi connectivity index (χ4n) is 3.11. The number of H-pyrrole nitrogens is 1. The Morgan fingerprint density at radius 2 is 1.57 bits per heavy atom. The topological polar surface area (TPSA) is 122 Å². The molecular formula is C20H13N3O5. The van der Waals surface area contributed by atoms with Crippen LogP contribution < -0.4 is 11.2 Å². The van der Waals surface area contributed by atoms with Crippen LogP contribution >= 0.6 is 0 Å². The Balaban J connectivity index is 1.87. The number of hydrogen-bond acceptors (Lipinski definition) is 6. The molecule has 1 heterocycles. The van der Waals surface area contributed by atoms with Gasteiger partial charge in [0, 0.05) is 30.0 Å². The number of nitrogens with zero attached hydrogens (tertiary/aromatic N) is 2. The van der Waals surface area contributed by atoms with E-state index in [4.69, 9.17) is 0 Å². The number of aliphatic imine (C=N–C) groups is 1. The van der Waals surface area contributed by atoms with E-state index in [0.717, 1.165) is 10.8 Å². The summed E-state index contributed by atoms with van der Waals surface area (Å²) in [5.41, 5.74) is -0.692. The summed E-state index contributed by atoms with van der Waals surface area (Å²) in [5.74, 6) is -1.20. The third-order valence-electron chi connectivity index (χ3n) is 4.59. The molecule has 1 aromatic heterocycles. The zero-order valence-corrected chi connectivity index (χ0v) is 14.6. The molecule has 0 amide bonds. The van der Waals surface area contributed by atoms with E-state index in [1.54, 1.807) is 36.4 Å². The molecule has 4 rings (SSSR count). The van der Waals surface area contributed by atoms with Crippen LogP contribution in [0.1, 0.15) is 37.4 Å². The van der Waals surface area contributed by atoms with Crippen molar-refractivity contribution in [2.45, 2.75) is 0 Å². The van der Waals surface area contributed by atoms with Crippen LogP contribution in [0, 0.1) is 0 Å². The summed E-state index contributed by atoms with van der Waals surface area (Å²) in [4.78, 5) is 55.3. The predicted molar refractivity (Wildman–Crippen MR) is 101 cm³/mol.